The van der Waals surface area contributed by atoms with Gasteiger partial charge in [0.1, 0.15) is 10.5 Å². The van der Waals surface area contributed by atoms with Crippen molar-refractivity contribution >= 4 is 40.7 Å². The van der Waals surface area contributed by atoms with Crippen LogP contribution in [0.5, 0.6) is 0 Å². The van der Waals surface area contributed by atoms with Gasteiger partial charge in [0.25, 0.3) is 0 Å². The highest BCUT2D eigenvalue weighted by Crippen LogP contribution is 2.41. The molecule has 2 aliphatic rings. The molecule has 1 heterocycles. The predicted molar refractivity (Wildman–Crippen MR) is 147 cm³/mol. The number of esters is 1. The number of benzene rings is 1. The number of thiophene rings is 1. The summed E-state index contributed by atoms with van der Waals surface area (Å²) in [5.41, 5.74) is 1.57. The summed E-state index contributed by atoms with van der Waals surface area (Å²) in [6, 6.07) is 9.32. The minimum atomic E-state index is -0.582. The lowest BCUT2D eigenvalue weighted by Gasteiger charge is -2.31. The molecule has 1 N–H and O–H groups in total. The van der Waals surface area contributed by atoms with E-state index >= 15 is 0 Å². The first-order valence-electron chi connectivity index (χ1n) is 13.2. The van der Waals surface area contributed by atoms with Crippen molar-refractivity contribution in [2.45, 2.75) is 71.8 Å². The third-order valence-electron chi connectivity index (χ3n) is 6.96. The van der Waals surface area contributed by atoms with Gasteiger partial charge in [0.15, 0.2) is 0 Å². The molecule has 2 fully saturated rings. The van der Waals surface area contributed by atoms with Gasteiger partial charge in [-0.3, -0.25) is 10.1 Å². The van der Waals surface area contributed by atoms with Gasteiger partial charge in [-0.15, -0.1) is 11.3 Å². The van der Waals surface area contributed by atoms with Crippen molar-refractivity contribution < 1.29 is 23.9 Å². The molecule has 2 aromatic rings. The Hall–Kier alpha value is -2.87. The van der Waals surface area contributed by atoms with Crippen LogP contribution < -0.4 is 10.2 Å². The minimum absolute atomic E-state index is 0.00186. The zero-order chi connectivity index (χ0) is 26.7. The molecule has 0 unspecified atom stereocenters. The SMILES string of the molecule is COC(=O)c1sc(-c2ccc(NC(=O)OC(C)(C)C)cc2)cc1N(CC1CC1)C(=O)C1CCC(C)CC1. The zero-order valence-corrected chi connectivity index (χ0v) is 23.3. The first-order valence-corrected chi connectivity index (χ1v) is 14.0. The Balaban J connectivity index is 1.60. The van der Waals surface area contributed by atoms with Crippen LogP contribution in [0, 0.1) is 17.8 Å². The minimum Gasteiger partial charge on any atom is -0.465 e. The number of anilines is 2. The van der Waals surface area contributed by atoms with Gasteiger partial charge in [0.05, 0.1) is 12.8 Å². The van der Waals surface area contributed by atoms with Crippen molar-refractivity contribution in [2.75, 3.05) is 23.9 Å². The molecule has 1 aromatic carbocycles. The van der Waals surface area contributed by atoms with Gasteiger partial charge in [-0.1, -0.05) is 19.1 Å². The van der Waals surface area contributed by atoms with E-state index in [1.807, 2.05) is 43.9 Å². The number of nitrogens with one attached hydrogen (secondary N) is 1. The Labute approximate surface area is 223 Å². The van der Waals surface area contributed by atoms with Crippen molar-refractivity contribution in [1.29, 1.82) is 0 Å². The third kappa shape index (κ3) is 7.12. The van der Waals surface area contributed by atoms with Crippen molar-refractivity contribution in [3.8, 4) is 10.4 Å². The van der Waals surface area contributed by atoms with E-state index in [4.69, 9.17) is 9.47 Å². The van der Waals surface area contributed by atoms with E-state index in [1.165, 1.54) is 18.4 Å². The highest BCUT2D eigenvalue weighted by molar-refractivity contribution is 7.18. The average molecular weight is 527 g/mol. The van der Waals surface area contributed by atoms with Gasteiger partial charge < -0.3 is 14.4 Å². The van der Waals surface area contributed by atoms with E-state index in [9.17, 15) is 14.4 Å². The fraction of sp³-hybridized carbons (Fsp3) is 0.552. The highest BCUT2D eigenvalue weighted by atomic mass is 32.1. The highest BCUT2D eigenvalue weighted by Gasteiger charge is 2.35. The molecule has 2 aliphatic carbocycles. The van der Waals surface area contributed by atoms with Gasteiger partial charge in [0.2, 0.25) is 5.91 Å². The van der Waals surface area contributed by atoms with E-state index in [0.29, 0.717) is 34.6 Å². The third-order valence-corrected chi connectivity index (χ3v) is 8.11. The number of hydrogen-bond acceptors (Lipinski definition) is 6. The molecule has 0 aliphatic heterocycles. The molecule has 1 aromatic heterocycles. The Morgan fingerprint density at radius 2 is 1.68 bits per heavy atom. The van der Waals surface area contributed by atoms with Crippen molar-refractivity contribution in [1.82, 2.24) is 0 Å². The van der Waals surface area contributed by atoms with Crippen LogP contribution in [-0.4, -0.2) is 37.2 Å². The number of nitrogens with zero attached hydrogens (tertiary/aromatic N) is 1. The molecule has 2 saturated carbocycles. The molecule has 0 spiro atoms. The van der Waals surface area contributed by atoms with E-state index < -0.39 is 17.7 Å². The van der Waals surface area contributed by atoms with E-state index in [0.717, 1.165) is 49.0 Å². The number of ether oxygens (including phenoxy) is 2. The second kappa shape index (κ2) is 11.3. The molecule has 37 heavy (non-hydrogen) atoms. The van der Waals surface area contributed by atoms with E-state index in [1.54, 1.807) is 12.1 Å². The van der Waals surface area contributed by atoms with Crippen molar-refractivity contribution in [3.05, 3.63) is 35.2 Å². The molecule has 0 bridgehead atoms. The number of methoxy groups -OCH3 is 1. The van der Waals surface area contributed by atoms with E-state index in [2.05, 4.69) is 12.2 Å². The van der Waals surface area contributed by atoms with Gasteiger partial charge >= 0.3 is 12.1 Å². The molecule has 7 nitrogen and oxygen atoms in total. The van der Waals surface area contributed by atoms with Gasteiger partial charge in [-0.25, -0.2) is 9.59 Å². The number of carbonyl (C=O) groups is 3. The first-order chi connectivity index (χ1) is 17.5. The summed E-state index contributed by atoms with van der Waals surface area (Å²) in [4.78, 5) is 41.8. The average Bonchev–Trinajstić information content (AvgIpc) is 3.57. The van der Waals surface area contributed by atoms with Gasteiger partial charge in [0, 0.05) is 23.0 Å². The molecular weight excluding hydrogens is 488 g/mol. The van der Waals surface area contributed by atoms with Crippen LogP contribution in [0.1, 0.15) is 75.9 Å². The van der Waals surface area contributed by atoms with Gasteiger partial charge in [-0.05, 0) is 94.9 Å². The molecule has 200 valence electrons. The van der Waals surface area contributed by atoms with Crippen LogP contribution in [0.4, 0.5) is 16.2 Å². The first kappa shape index (κ1) is 27.2. The number of amides is 2. The monoisotopic (exact) mass is 526 g/mol. The normalized spacial score (nSPS) is 19.7. The Morgan fingerprint density at radius 1 is 1.03 bits per heavy atom. The van der Waals surface area contributed by atoms with E-state index in [-0.39, 0.29) is 11.8 Å². The fourth-order valence-electron chi connectivity index (χ4n) is 4.70. The topological polar surface area (TPSA) is 84.9 Å². The second-order valence-corrected chi connectivity index (χ2v) is 12.4. The van der Waals surface area contributed by atoms with Crippen LogP contribution in [0.25, 0.3) is 10.4 Å². The van der Waals surface area contributed by atoms with Crippen LogP contribution in [-0.2, 0) is 14.3 Å². The Kier molecular flexibility index (Phi) is 8.26. The maximum Gasteiger partial charge on any atom is 0.412 e. The quantitative estimate of drug-likeness (QED) is 0.388. The van der Waals surface area contributed by atoms with Crippen molar-refractivity contribution in [2.24, 2.45) is 17.8 Å². The standard InChI is InChI=1S/C29H38N2O5S/c1-18-6-10-21(11-7-18)26(32)31(17-19-8-9-19)23-16-24(37-25(23)27(33)35-5)20-12-14-22(15-13-20)30-28(34)36-29(2,3)4/h12-16,18-19,21H,6-11,17H2,1-5H3,(H,30,34). The summed E-state index contributed by atoms with van der Waals surface area (Å²) in [5.74, 6) is 0.846. The van der Waals surface area contributed by atoms with Crippen LogP contribution >= 0.6 is 11.3 Å². The molecule has 2 amide bonds. The summed E-state index contributed by atoms with van der Waals surface area (Å²) in [5, 5.41) is 2.74. The summed E-state index contributed by atoms with van der Waals surface area (Å²) >= 11 is 1.33. The molecule has 0 atom stereocenters. The zero-order valence-electron chi connectivity index (χ0n) is 22.5. The molecular formula is C29H38N2O5S. The molecule has 0 radical (unpaired) electrons. The maximum absolute atomic E-state index is 13.8. The number of carbonyl (C=O) groups excluding carboxylic acids is 3. The lowest BCUT2D eigenvalue weighted by Crippen LogP contribution is -2.39. The molecule has 4 rings (SSSR count). The number of hydrogen-bond donors (Lipinski definition) is 1. The molecule has 8 heteroatoms. The second-order valence-electron chi connectivity index (χ2n) is 11.4. The van der Waals surface area contributed by atoms with Crippen LogP contribution in [0.3, 0.4) is 0 Å². The molecule has 0 saturated heterocycles. The predicted octanol–water partition coefficient (Wildman–Crippen LogP) is 7.12. The Bertz CT molecular complexity index is 1120. The van der Waals surface area contributed by atoms with Crippen LogP contribution in [0.15, 0.2) is 30.3 Å². The number of rotatable bonds is 7. The van der Waals surface area contributed by atoms with Gasteiger partial charge in [-0.2, -0.15) is 0 Å². The largest absolute Gasteiger partial charge is 0.465 e. The Morgan fingerprint density at radius 3 is 2.24 bits per heavy atom. The summed E-state index contributed by atoms with van der Waals surface area (Å²) < 4.78 is 10.4. The smallest absolute Gasteiger partial charge is 0.412 e. The summed E-state index contributed by atoms with van der Waals surface area (Å²) in [6.45, 7) is 8.33. The lowest BCUT2D eigenvalue weighted by molar-refractivity contribution is -0.123. The fourth-order valence-corrected chi connectivity index (χ4v) is 5.78. The summed E-state index contributed by atoms with van der Waals surface area (Å²) in [7, 11) is 1.37. The maximum atomic E-state index is 13.8. The lowest BCUT2D eigenvalue weighted by atomic mass is 9.82. The van der Waals surface area contributed by atoms with Crippen LogP contribution in [0.2, 0.25) is 0 Å². The van der Waals surface area contributed by atoms with Crippen molar-refractivity contribution in [3.63, 3.8) is 0 Å². The summed E-state index contributed by atoms with van der Waals surface area (Å²) in [6.07, 6.45) is 5.64.